The van der Waals surface area contributed by atoms with E-state index in [1.807, 2.05) is 30.3 Å². The Morgan fingerprint density at radius 2 is 1.95 bits per heavy atom. The highest BCUT2D eigenvalue weighted by molar-refractivity contribution is 5.93. The molecule has 1 aromatic rings. The number of carbonyl (C=O) groups is 1. The summed E-state index contributed by atoms with van der Waals surface area (Å²) in [5, 5.41) is 21.6. The molecule has 0 radical (unpaired) electrons. The predicted octanol–water partition coefficient (Wildman–Crippen LogP) is 3.56. The molecule has 3 rings (SSSR count). The van der Waals surface area contributed by atoms with E-state index in [-0.39, 0.29) is 17.8 Å². The predicted molar refractivity (Wildman–Crippen MR) is 83.9 cm³/mol. The molecule has 0 saturated heterocycles. The first-order valence-electron chi connectivity index (χ1n) is 7.95. The average Bonchev–Trinajstić information content (AvgIpc) is 3.21. The van der Waals surface area contributed by atoms with Gasteiger partial charge in [0.15, 0.2) is 0 Å². The van der Waals surface area contributed by atoms with Gasteiger partial charge in [0.05, 0.1) is 11.6 Å². The van der Waals surface area contributed by atoms with Crippen molar-refractivity contribution in [1.82, 2.24) is 0 Å². The van der Waals surface area contributed by atoms with Crippen LogP contribution in [-0.4, -0.2) is 23.3 Å². The van der Waals surface area contributed by atoms with Crippen LogP contribution in [0, 0.1) is 17.8 Å². The van der Waals surface area contributed by atoms with Gasteiger partial charge < -0.3 is 5.11 Å². The highest BCUT2D eigenvalue weighted by Crippen LogP contribution is 2.38. The molecule has 5 heteroatoms. The van der Waals surface area contributed by atoms with Gasteiger partial charge in [-0.15, -0.1) is 5.10 Å². The molecule has 0 spiro atoms. The summed E-state index contributed by atoms with van der Waals surface area (Å²) in [5.41, 5.74) is 1.97. The minimum atomic E-state index is -0.706. The monoisotopic (exact) mass is 299 g/mol. The van der Waals surface area contributed by atoms with Crippen molar-refractivity contribution in [2.45, 2.75) is 32.1 Å². The molecule has 1 saturated carbocycles. The second kappa shape index (κ2) is 6.81. The Labute approximate surface area is 130 Å². The molecule has 0 bridgehead atoms. The van der Waals surface area contributed by atoms with Crippen LogP contribution < -0.4 is 0 Å². The van der Waals surface area contributed by atoms with Crippen molar-refractivity contribution in [1.29, 1.82) is 0 Å². The van der Waals surface area contributed by atoms with E-state index in [0.717, 1.165) is 37.0 Å². The van der Waals surface area contributed by atoms with Crippen molar-refractivity contribution >= 4 is 11.7 Å². The van der Waals surface area contributed by atoms with Gasteiger partial charge in [0, 0.05) is 5.92 Å². The lowest BCUT2D eigenvalue weighted by Gasteiger charge is -2.28. The standard InChI is InChI=1S/C17H21N3O2/c21-17(22)16(13-8-4-5-9-13)14(15-11-18-20-19-15)10-12-6-2-1-3-7-12/h1-3,6-7,13-14,16H,4-5,8-11H2,(H,21,22)/t14-,16+/m1/s1. The smallest absolute Gasteiger partial charge is 0.307 e. The molecule has 1 aliphatic heterocycles. The van der Waals surface area contributed by atoms with E-state index in [2.05, 4.69) is 15.4 Å². The van der Waals surface area contributed by atoms with E-state index in [1.54, 1.807) is 0 Å². The highest BCUT2D eigenvalue weighted by Gasteiger charge is 2.39. The maximum atomic E-state index is 12.0. The van der Waals surface area contributed by atoms with Gasteiger partial charge in [-0.3, -0.25) is 4.79 Å². The first kappa shape index (κ1) is 14.9. The second-order valence-electron chi connectivity index (χ2n) is 6.19. The Balaban J connectivity index is 1.87. The van der Waals surface area contributed by atoms with Crippen LogP contribution in [0.5, 0.6) is 0 Å². The van der Waals surface area contributed by atoms with Crippen molar-refractivity contribution in [2.75, 3.05) is 6.54 Å². The van der Waals surface area contributed by atoms with Gasteiger partial charge in [-0.25, -0.2) is 0 Å². The van der Waals surface area contributed by atoms with Crippen molar-refractivity contribution < 1.29 is 9.90 Å². The second-order valence-corrected chi connectivity index (χ2v) is 6.19. The van der Waals surface area contributed by atoms with E-state index >= 15 is 0 Å². The van der Waals surface area contributed by atoms with Gasteiger partial charge in [-0.1, -0.05) is 43.2 Å². The Morgan fingerprint density at radius 1 is 1.23 bits per heavy atom. The summed E-state index contributed by atoms with van der Waals surface area (Å²) in [7, 11) is 0. The molecular formula is C17H21N3O2. The Morgan fingerprint density at radius 3 is 2.55 bits per heavy atom. The summed E-state index contributed by atoms with van der Waals surface area (Å²) in [6.07, 6.45) is 4.97. The van der Waals surface area contributed by atoms with Gasteiger partial charge in [0.1, 0.15) is 6.54 Å². The fourth-order valence-corrected chi connectivity index (χ4v) is 3.76. The van der Waals surface area contributed by atoms with E-state index in [0.29, 0.717) is 13.0 Å². The summed E-state index contributed by atoms with van der Waals surface area (Å²) in [5.74, 6) is -0.958. The molecule has 116 valence electrons. The van der Waals surface area contributed by atoms with Crippen molar-refractivity contribution in [3.05, 3.63) is 35.9 Å². The van der Waals surface area contributed by atoms with E-state index < -0.39 is 5.97 Å². The summed E-state index contributed by atoms with van der Waals surface area (Å²) >= 11 is 0. The van der Waals surface area contributed by atoms with Crippen LogP contribution >= 0.6 is 0 Å². The summed E-state index contributed by atoms with van der Waals surface area (Å²) in [4.78, 5) is 12.0. The molecule has 0 aromatic heterocycles. The fourth-order valence-electron chi connectivity index (χ4n) is 3.76. The number of aliphatic carboxylic acids is 1. The molecule has 0 unspecified atom stereocenters. The Kier molecular flexibility index (Phi) is 4.61. The first-order valence-corrected chi connectivity index (χ1v) is 7.95. The van der Waals surface area contributed by atoms with E-state index in [1.165, 1.54) is 0 Å². The van der Waals surface area contributed by atoms with Crippen LogP contribution in [0.2, 0.25) is 0 Å². The van der Waals surface area contributed by atoms with Crippen LogP contribution in [0.3, 0.4) is 0 Å². The molecule has 1 aromatic carbocycles. The zero-order valence-electron chi connectivity index (χ0n) is 12.6. The summed E-state index contributed by atoms with van der Waals surface area (Å²) in [6.45, 7) is 0.438. The minimum Gasteiger partial charge on any atom is -0.481 e. The molecule has 5 nitrogen and oxygen atoms in total. The highest BCUT2D eigenvalue weighted by atomic mass is 16.4. The Hall–Kier alpha value is -2.04. The van der Waals surface area contributed by atoms with Crippen molar-refractivity contribution in [3.63, 3.8) is 0 Å². The van der Waals surface area contributed by atoms with Gasteiger partial charge in [-0.05, 0) is 36.0 Å². The maximum absolute atomic E-state index is 12.0. The number of hydrogen-bond donors (Lipinski definition) is 1. The molecule has 1 N–H and O–H groups in total. The van der Waals surface area contributed by atoms with Gasteiger partial charge in [0.25, 0.3) is 0 Å². The number of nitrogens with zero attached hydrogens (tertiary/aromatic N) is 3. The molecule has 0 amide bonds. The van der Waals surface area contributed by atoms with Crippen LogP contribution in [0.25, 0.3) is 0 Å². The number of carboxylic acids is 1. The van der Waals surface area contributed by atoms with E-state index in [9.17, 15) is 9.90 Å². The SMILES string of the molecule is O=C(O)[C@@H](C1CCCC1)[C@H](Cc1ccccc1)C1=NN=NC1. The fraction of sp³-hybridized carbons (Fsp3) is 0.529. The van der Waals surface area contributed by atoms with Crippen molar-refractivity contribution in [2.24, 2.45) is 33.2 Å². The maximum Gasteiger partial charge on any atom is 0.307 e. The number of rotatable bonds is 6. The lowest BCUT2D eigenvalue weighted by Crippen LogP contribution is -2.36. The third-order valence-electron chi connectivity index (χ3n) is 4.82. The van der Waals surface area contributed by atoms with Gasteiger partial charge in [0.2, 0.25) is 0 Å². The number of hydrogen-bond acceptors (Lipinski definition) is 4. The third-order valence-corrected chi connectivity index (χ3v) is 4.82. The van der Waals surface area contributed by atoms with Gasteiger partial charge in [-0.2, -0.15) is 5.11 Å². The van der Waals surface area contributed by atoms with Crippen molar-refractivity contribution in [3.8, 4) is 0 Å². The third kappa shape index (κ3) is 3.24. The van der Waals surface area contributed by atoms with Crippen LogP contribution in [0.4, 0.5) is 0 Å². The zero-order chi connectivity index (χ0) is 15.4. The number of benzene rings is 1. The van der Waals surface area contributed by atoms with E-state index in [4.69, 9.17) is 0 Å². The molecule has 2 atom stereocenters. The average molecular weight is 299 g/mol. The quantitative estimate of drug-likeness (QED) is 0.872. The minimum absolute atomic E-state index is 0.113. The molecule has 22 heavy (non-hydrogen) atoms. The number of carboxylic acid groups (broad SMARTS) is 1. The molecule has 1 aliphatic carbocycles. The topological polar surface area (TPSA) is 74.4 Å². The Bertz CT molecular complexity index is 577. The summed E-state index contributed by atoms with van der Waals surface area (Å²) in [6, 6.07) is 10.0. The zero-order valence-corrected chi connectivity index (χ0v) is 12.6. The largest absolute Gasteiger partial charge is 0.481 e. The van der Waals surface area contributed by atoms with Gasteiger partial charge >= 0.3 is 5.97 Å². The summed E-state index contributed by atoms with van der Waals surface area (Å²) < 4.78 is 0. The molecular weight excluding hydrogens is 278 g/mol. The van der Waals surface area contributed by atoms with Crippen LogP contribution in [0.1, 0.15) is 31.2 Å². The van der Waals surface area contributed by atoms with Crippen LogP contribution in [0.15, 0.2) is 45.8 Å². The lowest BCUT2D eigenvalue weighted by molar-refractivity contribution is -0.145. The molecule has 1 heterocycles. The lowest BCUT2D eigenvalue weighted by atomic mass is 9.75. The normalized spacial score (nSPS) is 20.8. The van der Waals surface area contributed by atoms with Crippen LogP contribution in [-0.2, 0) is 11.2 Å². The molecule has 1 fully saturated rings. The first-order chi connectivity index (χ1) is 10.8. The molecule has 2 aliphatic rings.